The van der Waals surface area contributed by atoms with Crippen molar-refractivity contribution < 1.29 is 65.9 Å². The Balaban J connectivity index is 0.000000282. The number of allylic oxidation sites excluding steroid dienone is 1. The Labute approximate surface area is 403 Å². The van der Waals surface area contributed by atoms with Gasteiger partial charge in [0, 0.05) is 66.3 Å². The van der Waals surface area contributed by atoms with E-state index < -0.39 is 30.2 Å². The van der Waals surface area contributed by atoms with Crippen LogP contribution in [0.15, 0.2) is 33.5 Å². The number of hydrogen-bond donors (Lipinski definition) is 3. The monoisotopic (exact) mass is 986 g/mol. The molecule has 3 N–H and O–H groups in total. The van der Waals surface area contributed by atoms with Crippen molar-refractivity contribution in [1.82, 2.24) is 15.5 Å². The maximum absolute atomic E-state index is 12.5. The summed E-state index contributed by atoms with van der Waals surface area (Å²) in [6, 6.07) is -1.44. The van der Waals surface area contributed by atoms with E-state index in [0.717, 1.165) is 70.7 Å². The van der Waals surface area contributed by atoms with Gasteiger partial charge in [0.25, 0.3) is 0 Å². The van der Waals surface area contributed by atoms with E-state index in [4.69, 9.17) is 49.4 Å². The number of piperidine rings is 2. The van der Waals surface area contributed by atoms with Crippen molar-refractivity contribution in [2.45, 2.75) is 141 Å². The second kappa shape index (κ2) is 31.7. The Morgan fingerprint density at radius 1 is 0.812 bits per heavy atom. The summed E-state index contributed by atoms with van der Waals surface area (Å²) < 4.78 is 64.8. The first-order chi connectivity index (χ1) is 33.0. The fraction of sp³-hybridized carbons (Fsp3) is 0.826. The highest BCUT2D eigenvalue weighted by molar-refractivity contribution is 5.89. The number of nitrogens with one attached hydrogen (secondary N) is 2. The first kappa shape index (κ1) is 58.8. The summed E-state index contributed by atoms with van der Waals surface area (Å²) in [5.74, 6) is -1.57. The standard InChI is InChI=1S/C22H35N5O5.C11H17N3O2.C11H21NO2.C2HF3O2/c1-3-31-22(29)17-11-19(25-26-23)21(24-15(2)28)20(12-17)27-8-4-5-18(13-27)32-10-9-30-14-16-6-7-16;1-4-16-11(15)9-5-7(2)8(3)10(6-9)13-14-12;1-2-11(8-12-5-1)14-7-6-13-9-10-3-4-10;3-2(4,5)1(6)7/h12,16,18-21H,3-11,13-14H2,1-2H3,(H,24,28);5,7-8,10H,4,6H2,1-3H3;10-12H,1-9H2;(H,6,7)/t18-,19-,20+,21+;7-,8+,10+;11-;/m010./s1. The van der Waals surface area contributed by atoms with Gasteiger partial charge in [-0.25, -0.2) is 14.4 Å². The van der Waals surface area contributed by atoms with Crippen LogP contribution in [0.25, 0.3) is 20.9 Å². The molecule has 0 aromatic rings. The quantitative estimate of drug-likeness (QED) is 0.0366. The number of amides is 1. The number of aliphatic carboxylic acids is 1. The van der Waals surface area contributed by atoms with Gasteiger partial charge in [-0.2, -0.15) is 13.2 Å². The lowest BCUT2D eigenvalue weighted by Crippen LogP contribution is -2.60. The van der Waals surface area contributed by atoms with E-state index >= 15 is 0 Å². The van der Waals surface area contributed by atoms with E-state index in [1.165, 1.54) is 45.4 Å². The van der Waals surface area contributed by atoms with Gasteiger partial charge in [-0.3, -0.25) is 9.69 Å². The summed E-state index contributed by atoms with van der Waals surface area (Å²) in [7, 11) is 0. The van der Waals surface area contributed by atoms with Crippen molar-refractivity contribution in [1.29, 1.82) is 0 Å². The van der Waals surface area contributed by atoms with Crippen molar-refractivity contribution in [2.24, 2.45) is 33.9 Å². The van der Waals surface area contributed by atoms with Gasteiger partial charge >= 0.3 is 24.1 Å². The van der Waals surface area contributed by atoms with Crippen LogP contribution in [0.1, 0.15) is 98.8 Å². The zero-order valence-corrected chi connectivity index (χ0v) is 40.8. The minimum Gasteiger partial charge on any atom is -0.475 e. The number of alkyl halides is 3. The molecular formula is C46H74F3N9O11. The number of ether oxygens (including phenoxy) is 6. The Bertz CT molecular complexity index is 1770. The molecule has 390 valence electrons. The van der Waals surface area contributed by atoms with Crippen LogP contribution >= 0.6 is 0 Å². The molecule has 69 heavy (non-hydrogen) atoms. The number of likely N-dealkylation sites (tertiary alicyclic amines) is 1. The minimum absolute atomic E-state index is 0.0468. The number of rotatable bonds is 20. The first-order valence-electron chi connectivity index (χ1n) is 24.3. The number of carbonyl (C=O) groups is 4. The summed E-state index contributed by atoms with van der Waals surface area (Å²) in [4.78, 5) is 52.8. The molecule has 2 saturated heterocycles. The number of carboxylic acids is 1. The zero-order valence-electron chi connectivity index (χ0n) is 40.8. The molecule has 2 aliphatic heterocycles. The summed E-state index contributed by atoms with van der Waals surface area (Å²) in [6.07, 6.45) is 9.50. The van der Waals surface area contributed by atoms with E-state index in [-0.39, 0.29) is 54.9 Å². The van der Waals surface area contributed by atoms with Crippen molar-refractivity contribution in [2.75, 3.05) is 79.0 Å². The molecule has 0 aromatic carbocycles. The van der Waals surface area contributed by atoms with Gasteiger partial charge in [0.2, 0.25) is 5.91 Å². The molecule has 2 saturated carbocycles. The predicted molar refractivity (Wildman–Crippen MR) is 247 cm³/mol. The topological polar surface area (TPSA) is 269 Å². The van der Waals surface area contributed by atoms with Crippen molar-refractivity contribution in [3.63, 3.8) is 0 Å². The molecule has 6 rings (SSSR count). The number of carbonyl (C=O) groups excluding carboxylic acids is 3. The molecule has 4 aliphatic carbocycles. The van der Waals surface area contributed by atoms with Crippen LogP contribution in [0.4, 0.5) is 13.2 Å². The number of carboxylic acid groups (broad SMARTS) is 1. The van der Waals surface area contributed by atoms with Crippen LogP contribution in [0, 0.1) is 23.7 Å². The van der Waals surface area contributed by atoms with Crippen molar-refractivity contribution >= 4 is 23.8 Å². The van der Waals surface area contributed by atoms with Crippen LogP contribution < -0.4 is 10.6 Å². The lowest BCUT2D eigenvalue weighted by Gasteiger charge is -2.44. The average Bonchev–Trinajstić information content (AvgIpc) is 4.27. The molecule has 0 unspecified atom stereocenters. The Morgan fingerprint density at radius 3 is 1.83 bits per heavy atom. The third kappa shape index (κ3) is 23.3. The highest BCUT2D eigenvalue weighted by Crippen LogP contribution is 2.33. The average molecular weight is 986 g/mol. The number of esters is 2. The van der Waals surface area contributed by atoms with E-state index in [1.807, 2.05) is 26.0 Å². The molecular weight excluding hydrogens is 912 g/mol. The van der Waals surface area contributed by atoms with Gasteiger partial charge in [-0.1, -0.05) is 36.2 Å². The fourth-order valence-electron chi connectivity index (χ4n) is 8.10. The summed E-state index contributed by atoms with van der Waals surface area (Å²) in [5.41, 5.74) is 18.7. The van der Waals surface area contributed by atoms with E-state index in [9.17, 15) is 27.6 Å². The minimum atomic E-state index is -5.08. The molecule has 8 atom stereocenters. The maximum Gasteiger partial charge on any atom is 0.490 e. The van der Waals surface area contributed by atoms with Crippen LogP contribution in [-0.2, 0) is 47.6 Å². The molecule has 4 fully saturated rings. The molecule has 23 heteroatoms. The molecule has 0 aromatic heterocycles. The summed E-state index contributed by atoms with van der Waals surface area (Å²) in [6.45, 7) is 17.7. The lowest BCUT2D eigenvalue weighted by molar-refractivity contribution is -0.192. The first-order valence-corrected chi connectivity index (χ1v) is 24.3. The Hall–Kier alpha value is -4.47. The lowest BCUT2D eigenvalue weighted by atomic mass is 9.79. The second-order valence-corrected chi connectivity index (χ2v) is 18.0. The van der Waals surface area contributed by atoms with Gasteiger partial charge in [0.05, 0.1) is 63.9 Å². The number of halogens is 3. The predicted octanol–water partition coefficient (Wildman–Crippen LogP) is 6.99. The molecule has 20 nitrogen and oxygen atoms in total. The molecule has 0 bridgehead atoms. The van der Waals surface area contributed by atoms with Crippen LogP contribution in [0.3, 0.4) is 0 Å². The largest absolute Gasteiger partial charge is 0.490 e. The van der Waals surface area contributed by atoms with Gasteiger partial charge < -0.3 is 44.2 Å². The highest BCUT2D eigenvalue weighted by atomic mass is 19.4. The molecule has 1 amide bonds. The SMILES string of the molecule is C1CNC[C@@H](OCCOCC2CC2)C1.CCOC(=O)C1=C[C@@H](C)[C@H](C)[C@@H](N=[N+]=[N-])C1.CCOC(=O)C1=C[C@@H](N2CCC[C@H](OCCOCC3CC3)C2)[C@H](NC(C)=O)[C@@H](N=[N+]=[N-])C1.O=C(O)C(F)(F)F. The third-order valence-corrected chi connectivity index (χ3v) is 12.3. The summed E-state index contributed by atoms with van der Waals surface area (Å²) >= 11 is 0. The van der Waals surface area contributed by atoms with Crippen LogP contribution in [0.5, 0.6) is 0 Å². The molecule has 2 heterocycles. The van der Waals surface area contributed by atoms with Crippen LogP contribution in [-0.4, -0.2) is 155 Å². The van der Waals surface area contributed by atoms with Crippen LogP contribution in [0.2, 0.25) is 0 Å². The van der Waals surface area contributed by atoms with Gasteiger partial charge in [0.1, 0.15) is 0 Å². The molecule has 6 aliphatic rings. The normalized spacial score (nSPS) is 26.7. The van der Waals surface area contributed by atoms with Crippen molar-refractivity contribution in [3.8, 4) is 0 Å². The maximum atomic E-state index is 12.5. The fourth-order valence-corrected chi connectivity index (χ4v) is 8.10. The number of hydrogen-bond acceptors (Lipinski definition) is 14. The van der Waals surface area contributed by atoms with Gasteiger partial charge in [-0.15, -0.1) is 0 Å². The van der Waals surface area contributed by atoms with E-state index in [0.29, 0.717) is 50.0 Å². The smallest absolute Gasteiger partial charge is 0.475 e. The van der Waals surface area contributed by atoms with E-state index in [1.54, 1.807) is 13.8 Å². The van der Waals surface area contributed by atoms with E-state index in [2.05, 4.69) is 35.6 Å². The highest BCUT2D eigenvalue weighted by Gasteiger charge is 2.41. The third-order valence-electron chi connectivity index (χ3n) is 12.3. The van der Waals surface area contributed by atoms with Crippen molar-refractivity contribution in [3.05, 3.63) is 44.2 Å². The second-order valence-electron chi connectivity index (χ2n) is 18.0. The Morgan fingerprint density at radius 2 is 1.33 bits per heavy atom. The van der Waals surface area contributed by atoms with Gasteiger partial charge in [-0.05, 0) is 126 Å². The molecule has 0 radical (unpaired) electrons. The Kier molecular flexibility index (Phi) is 27.0. The number of azide groups is 2. The zero-order chi connectivity index (χ0) is 50.8. The van der Waals surface area contributed by atoms with Gasteiger partial charge in [0.15, 0.2) is 0 Å². The summed E-state index contributed by atoms with van der Waals surface area (Å²) in [5, 5.41) is 21.1. The molecule has 0 spiro atoms. The number of nitrogens with zero attached hydrogens (tertiary/aromatic N) is 7.